The molecule has 6 nitrogen and oxygen atoms in total. The highest BCUT2D eigenvalue weighted by Gasteiger charge is 2.30. The average Bonchev–Trinajstić information content (AvgIpc) is 3.35. The van der Waals surface area contributed by atoms with Gasteiger partial charge in [-0.2, -0.15) is 0 Å². The molecule has 0 aromatic heterocycles. The van der Waals surface area contributed by atoms with Crippen molar-refractivity contribution >= 4 is 33.8 Å². The number of carbonyl (C=O) groups is 1. The van der Waals surface area contributed by atoms with Crippen LogP contribution < -0.4 is 20.7 Å². The van der Waals surface area contributed by atoms with E-state index < -0.39 is 12.0 Å². The van der Waals surface area contributed by atoms with Gasteiger partial charge < -0.3 is 25.8 Å². The standard InChI is InChI=1S/C30H33N3O3/c1-19(31-29(30(34)35)21-8-4-3-5-9-21)26-17-22-10-6-7-11-23(22)18-27(26)33-20(2)32-25-12-13-28-24(16-25)14-15-36-28/h6-7,10-13,16-18,21,29,31-33H,1-5,8-9,14-15H2,(H,34,35). The summed E-state index contributed by atoms with van der Waals surface area (Å²) in [5, 5.41) is 22.1. The van der Waals surface area contributed by atoms with Gasteiger partial charge in [0, 0.05) is 29.1 Å². The first-order valence-corrected chi connectivity index (χ1v) is 12.7. The van der Waals surface area contributed by atoms with Gasteiger partial charge in [0.25, 0.3) is 0 Å². The molecule has 186 valence electrons. The summed E-state index contributed by atoms with van der Waals surface area (Å²) in [6, 6.07) is 17.6. The molecule has 0 saturated heterocycles. The van der Waals surface area contributed by atoms with E-state index in [1.165, 1.54) is 12.0 Å². The predicted octanol–water partition coefficient (Wildman–Crippen LogP) is 6.36. The Bertz CT molecular complexity index is 1310. The van der Waals surface area contributed by atoms with E-state index in [2.05, 4.69) is 47.3 Å². The Balaban J connectivity index is 1.39. The molecule has 0 amide bonds. The topological polar surface area (TPSA) is 82.6 Å². The molecule has 3 aromatic rings. The Morgan fingerprint density at radius 2 is 1.72 bits per heavy atom. The van der Waals surface area contributed by atoms with Crippen LogP contribution in [0.2, 0.25) is 0 Å². The van der Waals surface area contributed by atoms with Crippen molar-refractivity contribution in [3.8, 4) is 5.75 Å². The van der Waals surface area contributed by atoms with Gasteiger partial charge in [-0.25, -0.2) is 4.79 Å². The van der Waals surface area contributed by atoms with Crippen LogP contribution in [0.3, 0.4) is 0 Å². The molecule has 0 bridgehead atoms. The molecule has 6 heteroatoms. The molecule has 0 spiro atoms. The van der Waals surface area contributed by atoms with Crippen LogP contribution in [-0.2, 0) is 11.2 Å². The van der Waals surface area contributed by atoms with Crippen molar-refractivity contribution in [2.24, 2.45) is 5.92 Å². The van der Waals surface area contributed by atoms with Crippen molar-refractivity contribution in [1.29, 1.82) is 0 Å². The maximum Gasteiger partial charge on any atom is 0.326 e. The Kier molecular flexibility index (Phi) is 6.85. The van der Waals surface area contributed by atoms with Gasteiger partial charge in [0.2, 0.25) is 0 Å². The minimum atomic E-state index is -0.829. The molecule has 1 heterocycles. The zero-order valence-corrected chi connectivity index (χ0v) is 20.5. The molecule has 4 N–H and O–H groups in total. The molecular formula is C30H33N3O3. The lowest BCUT2D eigenvalue weighted by molar-refractivity contribution is -0.140. The van der Waals surface area contributed by atoms with Crippen molar-refractivity contribution < 1.29 is 14.6 Å². The van der Waals surface area contributed by atoms with Crippen molar-refractivity contribution in [3.05, 3.63) is 84.7 Å². The monoisotopic (exact) mass is 483 g/mol. The lowest BCUT2D eigenvalue weighted by Crippen LogP contribution is -2.42. The quantitative estimate of drug-likeness (QED) is 0.283. The third-order valence-corrected chi connectivity index (χ3v) is 7.20. The first kappa shape index (κ1) is 23.8. The van der Waals surface area contributed by atoms with Gasteiger partial charge >= 0.3 is 5.97 Å². The third kappa shape index (κ3) is 5.18. The van der Waals surface area contributed by atoms with E-state index in [9.17, 15) is 9.90 Å². The molecular weight excluding hydrogens is 450 g/mol. The van der Waals surface area contributed by atoms with Crippen LogP contribution in [0.5, 0.6) is 5.75 Å². The third-order valence-electron chi connectivity index (χ3n) is 7.20. The molecule has 3 aromatic carbocycles. The molecule has 1 aliphatic carbocycles. The zero-order valence-electron chi connectivity index (χ0n) is 20.5. The van der Waals surface area contributed by atoms with Crippen molar-refractivity contribution in [1.82, 2.24) is 5.32 Å². The second kappa shape index (κ2) is 10.4. The van der Waals surface area contributed by atoms with Gasteiger partial charge in [0.1, 0.15) is 17.6 Å². The summed E-state index contributed by atoms with van der Waals surface area (Å²) in [5.74, 6) is 0.819. The van der Waals surface area contributed by atoms with Gasteiger partial charge in [-0.3, -0.25) is 0 Å². The normalized spacial score (nSPS) is 16.0. The molecule has 2 aliphatic rings. The maximum atomic E-state index is 12.2. The number of carboxylic acids is 1. The Morgan fingerprint density at radius 1 is 0.972 bits per heavy atom. The van der Waals surface area contributed by atoms with Crippen LogP contribution in [0, 0.1) is 5.92 Å². The fourth-order valence-corrected chi connectivity index (χ4v) is 5.34. The zero-order chi connectivity index (χ0) is 25.1. The van der Waals surface area contributed by atoms with Gasteiger partial charge in [-0.1, -0.05) is 56.7 Å². The van der Waals surface area contributed by atoms with Gasteiger partial charge in [-0.05, 0) is 65.4 Å². The highest BCUT2D eigenvalue weighted by atomic mass is 16.5. The molecule has 1 saturated carbocycles. The van der Waals surface area contributed by atoms with E-state index in [1.54, 1.807) is 0 Å². The SMILES string of the molecule is C=C(Nc1ccc2c(c1)CCO2)Nc1cc2ccccc2cc1C(=C)NC(C(=O)O)C1CCCCC1. The van der Waals surface area contributed by atoms with Gasteiger partial charge in [-0.15, -0.1) is 0 Å². The molecule has 1 atom stereocenters. The Morgan fingerprint density at radius 3 is 2.47 bits per heavy atom. The van der Waals surface area contributed by atoms with Gasteiger partial charge in [0.15, 0.2) is 0 Å². The van der Waals surface area contributed by atoms with E-state index in [0.717, 1.165) is 65.6 Å². The molecule has 1 aliphatic heterocycles. The molecule has 36 heavy (non-hydrogen) atoms. The number of nitrogens with one attached hydrogen (secondary N) is 3. The first-order valence-electron chi connectivity index (χ1n) is 12.7. The van der Waals surface area contributed by atoms with E-state index >= 15 is 0 Å². The molecule has 5 rings (SSSR count). The number of fused-ring (bicyclic) bond motifs is 2. The van der Waals surface area contributed by atoms with E-state index in [1.807, 2.05) is 36.4 Å². The number of aliphatic carboxylic acids is 1. The summed E-state index contributed by atoms with van der Waals surface area (Å²) < 4.78 is 5.60. The average molecular weight is 484 g/mol. The largest absolute Gasteiger partial charge is 0.493 e. The molecule has 1 fully saturated rings. The summed E-state index contributed by atoms with van der Waals surface area (Å²) in [6.07, 6.45) is 6.07. The number of anilines is 2. The summed E-state index contributed by atoms with van der Waals surface area (Å²) >= 11 is 0. The van der Waals surface area contributed by atoms with Gasteiger partial charge in [0.05, 0.1) is 6.61 Å². The van der Waals surface area contributed by atoms with Crippen LogP contribution >= 0.6 is 0 Å². The van der Waals surface area contributed by atoms with E-state index in [0.29, 0.717) is 18.1 Å². The van der Waals surface area contributed by atoms with Crippen LogP contribution in [-0.4, -0.2) is 23.7 Å². The smallest absolute Gasteiger partial charge is 0.326 e. The number of rotatable bonds is 9. The number of ether oxygens (including phenoxy) is 1. The summed E-state index contributed by atoms with van der Waals surface area (Å²) in [6.45, 7) is 9.16. The number of carboxylic acid groups (broad SMARTS) is 1. The fourth-order valence-electron chi connectivity index (χ4n) is 5.34. The highest BCUT2D eigenvalue weighted by molar-refractivity contribution is 5.93. The lowest BCUT2D eigenvalue weighted by Gasteiger charge is -2.30. The van der Waals surface area contributed by atoms with Crippen molar-refractivity contribution in [3.63, 3.8) is 0 Å². The first-order chi connectivity index (χ1) is 17.5. The van der Waals surface area contributed by atoms with Crippen LogP contribution in [0.4, 0.5) is 11.4 Å². The Labute approximate surface area is 212 Å². The fraction of sp³-hybridized carbons (Fsp3) is 0.300. The summed E-state index contributed by atoms with van der Waals surface area (Å²) in [5.41, 5.74) is 4.32. The minimum absolute atomic E-state index is 0.102. The minimum Gasteiger partial charge on any atom is -0.493 e. The van der Waals surface area contributed by atoms with Crippen LogP contribution in [0.15, 0.2) is 73.6 Å². The number of benzene rings is 3. The number of hydrogen-bond donors (Lipinski definition) is 4. The number of hydrogen-bond acceptors (Lipinski definition) is 5. The summed E-state index contributed by atoms with van der Waals surface area (Å²) in [7, 11) is 0. The molecule has 1 unspecified atom stereocenters. The van der Waals surface area contributed by atoms with Crippen molar-refractivity contribution in [2.75, 3.05) is 17.2 Å². The maximum absolute atomic E-state index is 12.2. The summed E-state index contributed by atoms with van der Waals surface area (Å²) in [4.78, 5) is 12.2. The van der Waals surface area contributed by atoms with Crippen LogP contribution in [0.25, 0.3) is 16.5 Å². The predicted molar refractivity (Wildman–Crippen MR) is 146 cm³/mol. The second-order valence-electron chi connectivity index (χ2n) is 9.73. The second-order valence-corrected chi connectivity index (χ2v) is 9.73. The lowest BCUT2D eigenvalue weighted by atomic mass is 9.83. The van der Waals surface area contributed by atoms with Crippen LogP contribution in [0.1, 0.15) is 43.2 Å². The van der Waals surface area contributed by atoms with E-state index in [-0.39, 0.29) is 5.92 Å². The van der Waals surface area contributed by atoms with Crippen molar-refractivity contribution in [2.45, 2.75) is 44.6 Å². The van der Waals surface area contributed by atoms with E-state index in [4.69, 9.17) is 4.74 Å². The highest BCUT2D eigenvalue weighted by Crippen LogP contribution is 2.33. The Hall–Kier alpha value is -3.93. The molecule has 0 radical (unpaired) electrons.